The van der Waals surface area contributed by atoms with E-state index in [0.29, 0.717) is 11.8 Å². The average Bonchev–Trinajstić information content (AvgIpc) is 2.13. The molecule has 0 N–H and O–H groups in total. The van der Waals surface area contributed by atoms with Gasteiger partial charge in [0.15, 0.2) is 23.3 Å². The van der Waals surface area contributed by atoms with E-state index < -0.39 is 33.6 Å². The quantitative estimate of drug-likeness (QED) is 0.289. The molecule has 13 heavy (non-hydrogen) atoms. The van der Waals surface area contributed by atoms with E-state index in [1.807, 2.05) is 0 Å². The highest BCUT2D eigenvalue weighted by atomic mass is 32.2. The molecule has 70 valence electrons. The molecule has 0 fully saturated rings. The molecule has 0 bridgehead atoms. The minimum absolute atomic E-state index is 0.624. The van der Waals surface area contributed by atoms with Crippen LogP contribution in [0.5, 0.6) is 0 Å². The Morgan fingerprint density at radius 3 is 1.62 bits per heavy atom. The molecule has 0 saturated heterocycles. The topological polar surface area (TPSA) is 0 Å². The molecule has 0 nitrogen and oxygen atoms in total. The van der Waals surface area contributed by atoms with Crippen LogP contribution in [0.4, 0.5) is 17.6 Å². The van der Waals surface area contributed by atoms with Crippen LogP contribution in [0, 0.1) is 23.3 Å². The van der Waals surface area contributed by atoms with Gasteiger partial charge in [-0.3, -0.25) is 0 Å². The Morgan fingerprint density at radius 2 is 1.31 bits per heavy atom. The summed E-state index contributed by atoms with van der Waals surface area (Å²) in [5.41, 5.74) is -0.632. The first kappa shape index (κ1) is 10.4. The highest BCUT2D eigenvalue weighted by Crippen LogP contribution is 2.25. The highest BCUT2D eigenvalue weighted by Gasteiger charge is 2.21. The molecule has 0 amide bonds. The van der Waals surface area contributed by atoms with Gasteiger partial charge in [0, 0.05) is 0 Å². The van der Waals surface area contributed by atoms with Gasteiger partial charge in [-0.1, -0.05) is 0 Å². The minimum atomic E-state index is -1.33. The second-order valence-corrected chi connectivity index (χ2v) is 3.23. The third-order valence-corrected chi connectivity index (χ3v) is 2.41. The van der Waals surface area contributed by atoms with Crippen LogP contribution in [-0.4, -0.2) is 14.1 Å². The summed E-state index contributed by atoms with van der Waals surface area (Å²) >= 11 is 0.629. The molecular weight excluding hydrogens is 203 g/mol. The van der Waals surface area contributed by atoms with E-state index in [1.54, 1.807) is 0 Å². The lowest BCUT2D eigenvalue weighted by atomic mass is 9.94. The highest BCUT2D eigenvalue weighted by molar-refractivity contribution is 7.98. The molecule has 0 aliphatic carbocycles. The molecule has 1 aromatic carbocycles. The molecule has 6 heteroatoms. The Balaban J connectivity index is 3.56. The van der Waals surface area contributed by atoms with Crippen molar-refractivity contribution in [1.82, 2.24) is 0 Å². The van der Waals surface area contributed by atoms with Crippen LogP contribution in [-0.2, 0) is 0 Å². The SMILES string of the molecule is Bc1c(F)c(F)c(SC)c(F)c1F. The predicted molar refractivity (Wildman–Crippen MR) is 46.2 cm³/mol. The minimum Gasteiger partial charge on any atom is -0.204 e. The number of thioether (sulfide) groups is 1. The fourth-order valence-electron chi connectivity index (χ4n) is 0.901. The fourth-order valence-corrected chi connectivity index (χ4v) is 1.44. The van der Waals surface area contributed by atoms with Crippen molar-refractivity contribution in [3.63, 3.8) is 0 Å². The zero-order valence-corrected chi connectivity index (χ0v) is 7.74. The molecular formula is C7H5BF4S. The first-order chi connectivity index (χ1) is 6.00. The molecule has 1 rings (SSSR count). The van der Waals surface area contributed by atoms with Gasteiger partial charge in [0.2, 0.25) is 0 Å². The van der Waals surface area contributed by atoms with Gasteiger partial charge in [0.25, 0.3) is 0 Å². The van der Waals surface area contributed by atoms with Crippen molar-refractivity contribution < 1.29 is 17.6 Å². The number of hydrogen-bond donors (Lipinski definition) is 0. The maximum absolute atomic E-state index is 12.9. The summed E-state index contributed by atoms with van der Waals surface area (Å²) < 4.78 is 51.5. The Labute approximate surface area is 77.7 Å². The second-order valence-electron chi connectivity index (χ2n) is 2.41. The van der Waals surface area contributed by atoms with Crippen LogP contribution in [0.15, 0.2) is 4.90 Å². The van der Waals surface area contributed by atoms with E-state index in [1.165, 1.54) is 6.26 Å². The van der Waals surface area contributed by atoms with E-state index in [2.05, 4.69) is 0 Å². The average molecular weight is 208 g/mol. The lowest BCUT2D eigenvalue weighted by Crippen LogP contribution is -2.19. The van der Waals surface area contributed by atoms with Gasteiger partial charge in [-0.2, -0.15) is 0 Å². The molecule has 0 unspecified atom stereocenters. The van der Waals surface area contributed by atoms with Crippen molar-refractivity contribution in [1.29, 1.82) is 0 Å². The summed E-state index contributed by atoms with van der Waals surface area (Å²) in [4.78, 5) is -0.624. The van der Waals surface area contributed by atoms with Crippen LogP contribution < -0.4 is 5.46 Å². The van der Waals surface area contributed by atoms with Crippen molar-refractivity contribution >= 4 is 25.1 Å². The summed E-state index contributed by atoms with van der Waals surface area (Å²) in [6, 6.07) is 0. The maximum atomic E-state index is 12.9. The monoisotopic (exact) mass is 208 g/mol. The van der Waals surface area contributed by atoms with Crippen LogP contribution in [0.3, 0.4) is 0 Å². The third kappa shape index (κ3) is 1.55. The van der Waals surface area contributed by atoms with Crippen molar-refractivity contribution in [3.8, 4) is 0 Å². The van der Waals surface area contributed by atoms with Gasteiger partial charge in [-0.15, -0.1) is 11.8 Å². The fraction of sp³-hybridized carbons (Fsp3) is 0.143. The van der Waals surface area contributed by atoms with E-state index >= 15 is 0 Å². The van der Waals surface area contributed by atoms with Gasteiger partial charge < -0.3 is 0 Å². The van der Waals surface area contributed by atoms with Crippen LogP contribution in [0.25, 0.3) is 0 Å². The predicted octanol–water partition coefficient (Wildman–Crippen LogP) is 1.22. The smallest absolute Gasteiger partial charge is 0.174 e. The summed E-state index contributed by atoms with van der Waals surface area (Å²) in [6.07, 6.45) is 1.34. The summed E-state index contributed by atoms with van der Waals surface area (Å²) in [6.45, 7) is 0. The van der Waals surface area contributed by atoms with Crippen LogP contribution in [0.2, 0.25) is 0 Å². The van der Waals surface area contributed by atoms with Gasteiger partial charge >= 0.3 is 0 Å². The third-order valence-electron chi connectivity index (χ3n) is 1.65. The molecule has 1 aromatic rings. The number of hydrogen-bond acceptors (Lipinski definition) is 1. The molecule has 0 atom stereocenters. The van der Waals surface area contributed by atoms with Gasteiger partial charge in [-0.05, 0) is 11.7 Å². The summed E-state index contributed by atoms with van der Waals surface area (Å²) in [7, 11) is 0.987. The lowest BCUT2D eigenvalue weighted by molar-refractivity contribution is 0.434. The Morgan fingerprint density at radius 1 is 0.923 bits per heavy atom. The first-order valence-electron chi connectivity index (χ1n) is 3.37. The van der Waals surface area contributed by atoms with Crippen molar-refractivity contribution in [2.24, 2.45) is 0 Å². The Bertz CT molecular complexity index is 324. The Kier molecular flexibility index (Phi) is 2.90. The largest absolute Gasteiger partial charge is 0.204 e. The van der Waals surface area contributed by atoms with E-state index in [4.69, 9.17) is 0 Å². The second kappa shape index (κ2) is 3.61. The van der Waals surface area contributed by atoms with Crippen molar-refractivity contribution in [3.05, 3.63) is 23.3 Å². The van der Waals surface area contributed by atoms with Gasteiger partial charge in [-0.25, -0.2) is 17.6 Å². The van der Waals surface area contributed by atoms with E-state index in [-0.39, 0.29) is 0 Å². The van der Waals surface area contributed by atoms with Gasteiger partial charge in [0.1, 0.15) is 7.85 Å². The lowest BCUT2D eigenvalue weighted by Gasteiger charge is -2.06. The van der Waals surface area contributed by atoms with E-state index in [0.717, 1.165) is 7.85 Å². The van der Waals surface area contributed by atoms with Crippen molar-refractivity contribution in [2.75, 3.05) is 6.26 Å². The van der Waals surface area contributed by atoms with Crippen molar-refractivity contribution in [2.45, 2.75) is 4.90 Å². The molecule has 0 aliphatic rings. The van der Waals surface area contributed by atoms with E-state index in [9.17, 15) is 17.6 Å². The summed E-state index contributed by atoms with van der Waals surface area (Å²) in [5, 5.41) is 0. The number of benzene rings is 1. The van der Waals surface area contributed by atoms with Crippen LogP contribution >= 0.6 is 11.8 Å². The molecule has 0 saturated carbocycles. The van der Waals surface area contributed by atoms with Crippen LogP contribution in [0.1, 0.15) is 0 Å². The molecule has 0 radical (unpaired) electrons. The summed E-state index contributed by atoms with van der Waals surface area (Å²) in [5.74, 6) is -5.32. The maximum Gasteiger partial charge on any atom is 0.174 e. The number of rotatable bonds is 1. The Hall–Kier alpha value is -0.645. The zero-order chi connectivity index (χ0) is 10.2. The molecule has 0 aliphatic heterocycles. The standard InChI is InChI=1S/C7H5BF4S/c1-13-7-5(11)3(9)2(8)4(10)6(7)12/h8H2,1H3. The molecule has 0 heterocycles. The zero-order valence-electron chi connectivity index (χ0n) is 6.92. The first-order valence-corrected chi connectivity index (χ1v) is 4.59. The molecule has 0 aromatic heterocycles. The van der Waals surface area contributed by atoms with Gasteiger partial charge in [0.05, 0.1) is 4.90 Å². The normalized spacial score (nSPS) is 10.5. The number of halogens is 4. The molecule has 0 spiro atoms.